The van der Waals surface area contributed by atoms with E-state index in [1.807, 2.05) is 0 Å². The normalized spacial score (nSPS) is 17.2. The molecule has 2 N–H and O–H groups in total. The molecule has 1 aromatic heterocycles. The zero-order valence-electron chi connectivity index (χ0n) is 8.21. The van der Waals surface area contributed by atoms with Gasteiger partial charge in [-0.15, -0.1) is 5.10 Å². The third-order valence-corrected chi connectivity index (χ3v) is 2.49. The summed E-state index contributed by atoms with van der Waals surface area (Å²) in [7, 11) is 0. The van der Waals surface area contributed by atoms with Gasteiger partial charge in [0, 0.05) is 6.04 Å². The van der Waals surface area contributed by atoms with Crippen molar-refractivity contribution in [1.82, 2.24) is 20.5 Å². The predicted molar refractivity (Wildman–Crippen MR) is 50.8 cm³/mol. The Morgan fingerprint density at radius 3 is 2.79 bits per heavy atom. The number of hydrogen-bond donors (Lipinski definition) is 2. The smallest absolute Gasteiger partial charge is 0.291 e. The first-order valence-corrected chi connectivity index (χ1v) is 4.95. The Balaban J connectivity index is 1.95. The van der Waals surface area contributed by atoms with Crippen molar-refractivity contribution in [3.05, 3.63) is 11.6 Å². The predicted octanol–water partition coefficient (Wildman–Crippen LogP) is 0.786. The number of nitrogens with zero attached hydrogens (tertiary/aromatic N) is 2. The largest absolute Gasteiger partial charge is 0.347 e. The fourth-order valence-corrected chi connectivity index (χ4v) is 1.76. The monoisotopic (exact) mass is 194 g/mol. The summed E-state index contributed by atoms with van der Waals surface area (Å²) in [5.74, 6) is 0.747. The van der Waals surface area contributed by atoms with E-state index in [9.17, 15) is 4.79 Å². The van der Waals surface area contributed by atoms with Crippen molar-refractivity contribution in [3.63, 3.8) is 0 Å². The van der Waals surface area contributed by atoms with Crippen LogP contribution in [0.1, 0.15) is 42.1 Å². The molecule has 0 aromatic carbocycles. The number of aromatic amines is 1. The van der Waals surface area contributed by atoms with Gasteiger partial charge in [-0.3, -0.25) is 9.89 Å². The van der Waals surface area contributed by atoms with Crippen LogP contribution in [-0.4, -0.2) is 27.1 Å². The Labute approximate surface area is 82.3 Å². The van der Waals surface area contributed by atoms with Crippen molar-refractivity contribution in [2.24, 2.45) is 0 Å². The van der Waals surface area contributed by atoms with Crippen LogP contribution in [0, 0.1) is 6.92 Å². The summed E-state index contributed by atoms with van der Waals surface area (Å²) in [5.41, 5.74) is 0. The maximum atomic E-state index is 11.6. The van der Waals surface area contributed by atoms with Crippen molar-refractivity contribution >= 4 is 5.91 Å². The molecule has 5 nitrogen and oxygen atoms in total. The number of nitrogens with one attached hydrogen (secondary N) is 2. The highest BCUT2D eigenvalue weighted by atomic mass is 16.2. The molecule has 0 atom stereocenters. The second-order valence-electron chi connectivity index (χ2n) is 3.70. The van der Waals surface area contributed by atoms with Gasteiger partial charge in [0.2, 0.25) is 5.82 Å². The number of aromatic nitrogens is 3. The molecule has 1 heterocycles. The van der Waals surface area contributed by atoms with Gasteiger partial charge in [0.15, 0.2) is 0 Å². The molecule has 1 aliphatic carbocycles. The molecule has 1 aliphatic rings. The molecule has 0 bridgehead atoms. The number of H-pyrrole nitrogens is 1. The lowest BCUT2D eigenvalue weighted by Gasteiger charge is -2.09. The number of carbonyl (C=O) groups excluding carboxylic acids is 1. The van der Waals surface area contributed by atoms with Gasteiger partial charge in [0.25, 0.3) is 5.91 Å². The number of carbonyl (C=O) groups is 1. The van der Waals surface area contributed by atoms with Crippen LogP contribution in [0.5, 0.6) is 0 Å². The molecule has 0 aliphatic heterocycles. The summed E-state index contributed by atoms with van der Waals surface area (Å²) in [6.45, 7) is 1.78. The average molecular weight is 194 g/mol. The van der Waals surface area contributed by atoms with E-state index in [0.717, 1.165) is 12.8 Å². The van der Waals surface area contributed by atoms with Gasteiger partial charge >= 0.3 is 0 Å². The fraction of sp³-hybridized carbons (Fsp3) is 0.667. The fourth-order valence-electron chi connectivity index (χ4n) is 1.76. The van der Waals surface area contributed by atoms with Gasteiger partial charge in [-0.25, -0.2) is 4.98 Å². The van der Waals surface area contributed by atoms with E-state index in [4.69, 9.17) is 0 Å². The van der Waals surface area contributed by atoms with Crippen LogP contribution in [0.2, 0.25) is 0 Å². The second kappa shape index (κ2) is 3.77. The van der Waals surface area contributed by atoms with Gasteiger partial charge in [-0.2, -0.15) is 0 Å². The topological polar surface area (TPSA) is 70.7 Å². The standard InChI is InChI=1S/C9H14N4O/c1-6-10-8(13-12-6)9(14)11-7-4-2-3-5-7/h7H,2-5H2,1H3,(H,11,14)(H,10,12,13). The second-order valence-corrected chi connectivity index (χ2v) is 3.70. The summed E-state index contributed by atoms with van der Waals surface area (Å²) in [5, 5.41) is 9.39. The number of hydrogen-bond acceptors (Lipinski definition) is 3. The third kappa shape index (κ3) is 1.92. The Morgan fingerprint density at radius 1 is 1.50 bits per heavy atom. The highest BCUT2D eigenvalue weighted by Crippen LogP contribution is 2.17. The van der Waals surface area contributed by atoms with Crippen LogP contribution < -0.4 is 5.32 Å². The zero-order chi connectivity index (χ0) is 9.97. The Bertz CT molecular complexity index is 327. The maximum absolute atomic E-state index is 11.6. The van der Waals surface area contributed by atoms with Crippen molar-refractivity contribution in [2.75, 3.05) is 0 Å². The molecule has 0 saturated heterocycles. The van der Waals surface area contributed by atoms with Crippen LogP contribution in [0.3, 0.4) is 0 Å². The van der Waals surface area contributed by atoms with Gasteiger partial charge in [0.05, 0.1) is 0 Å². The lowest BCUT2D eigenvalue weighted by Crippen LogP contribution is -2.33. The van der Waals surface area contributed by atoms with E-state index < -0.39 is 0 Å². The Morgan fingerprint density at radius 2 is 2.21 bits per heavy atom. The number of amides is 1. The van der Waals surface area contributed by atoms with E-state index in [2.05, 4.69) is 20.5 Å². The Kier molecular flexibility index (Phi) is 2.47. The molecule has 0 spiro atoms. The lowest BCUT2D eigenvalue weighted by molar-refractivity contribution is 0.0927. The molecule has 1 aromatic rings. The summed E-state index contributed by atoms with van der Waals surface area (Å²) < 4.78 is 0. The molecular formula is C9H14N4O. The van der Waals surface area contributed by atoms with Gasteiger partial charge in [0.1, 0.15) is 5.82 Å². The average Bonchev–Trinajstić information content (AvgIpc) is 2.75. The molecule has 1 amide bonds. The lowest BCUT2D eigenvalue weighted by atomic mass is 10.2. The summed E-state index contributed by atoms with van der Waals surface area (Å²) in [6, 6.07) is 0.321. The molecule has 14 heavy (non-hydrogen) atoms. The molecule has 2 rings (SSSR count). The Hall–Kier alpha value is -1.39. The minimum Gasteiger partial charge on any atom is -0.347 e. The van der Waals surface area contributed by atoms with E-state index in [1.165, 1.54) is 12.8 Å². The quantitative estimate of drug-likeness (QED) is 0.731. The number of rotatable bonds is 2. The minimum absolute atomic E-state index is 0.166. The molecule has 76 valence electrons. The van der Waals surface area contributed by atoms with E-state index in [1.54, 1.807) is 6.92 Å². The van der Waals surface area contributed by atoms with Crippen molar-refractivity contribution < 1.29 is 4.79 Å². The summed E-state index contributed by atoms with van der Waals surface area (Å²) >= 11 is 0. The van der Waals surface area contributed by atoms with Gasteiger partial charge in [-0.05, 0) is 19.8 Å². The minimum atomic E-state index is -0.166. The van der Waals surface area contributed by atoms with Crippen molar-refractivity contribution in [1.29, 1.82) is 0 Å². The highest BCUT2D eigenvalue weighted by Gasteiger charge is 2.19. The van der Waals surface area contributed by atoms with Crippen LogP contribution in [0.25, 0.3) is 0 Å². The van der Waals surface area contributed by atoms with E-state index >= 15 is 0 Å². The highest BCUT2D eigenvalue weighted by molar-refractivity contribution is 5.90. The first-order valence-electron chi connectivity index (χ1n) is 4.95. The van der Waals surface area contributed by atoms with Crippen molar-refractivity contribution in [3.8, 4) is 0 Å². The van der Waals surface area contributed by atoms with Gasteiger partial charge in [-0.1, -0.05) is 12.8 Å². The van der Waals surface area contributed by atoms with Crippen LogP contribution in [-0.2, 0) is 0 Å². The van der Waals surface area contributed by atoms with Crippen LogP contribution in [0.4, 0.5) is 0 Å². The molecular weight excluding hydrogens is 180 g/mol. The van der Waals surface area contributed by atoms with E-state index in [-0.39, 0.29) is 11.7 Å². The molecule has 1 saturated carbocycles. The van der Waals surface area contributed by atoms with Crippen LogP contribution >= 0.6 is 0 Å². The first kappa shape index (κ1) is 9.18. The zero-order valence-corrected chi connectivity index (χ0v) is 8.21. The molecule has 0 unspecified atom stereocenters. The summed E-state index contributed by atoms with van der Waals surface area (Å²) in [6.07, 6.45) is 4.57. The molecule has 5 heteroatoms. The molecule has 1 fully saturated rings. The summed E-state index contributed by atoms with van der Waals surface area (Å²) in [4.78, 5) is 15.5. The number of aryl methyl sites for hydroxylation is 1. The third-order valence-electron chi connectivity index (χ3n) is 2.49. The first-order chi connectivity index (χ1) is 6.75. The van der Waals surface area contributed by atoms with Crippen molar-refractivity contribution in [2.45, 2.75) is 38.6 Å². The van der Waals surface area contributed by atoms with Gasteiger partial charge < -0.3 is 5.32 Å². The maximum Gasteiger partial charge on any atom is 0.291 e. The SMILES string of the molecule is Cc1nc(C(=O)NC2CCCC2)n[nH]1. The molecule has 0 radical (unpaired) electrons. The van der Waals surface area contributed by atoms with E-state index in [0.29, 0.717) is 11.9 Å². The van der Waals surface area contributed by atoms with Crippen LogP contribution in [0.15, 0.2) is 0 Å².